The van der Waals surface area contributed by atoms with Gasteiger partial charge in [0.2, 0.25) is 0 Å². The van der Waals surface area contributed by atoms with E-state index in [4.69, 9.17) is 5.11 Å². The summed E-state index contributed by atoms with van der Waals surface area (Å²) in [5, 5.41) is 12.3. The summed E-state index contributed by atoms with van der Waals surface area (Å²) in [6, 6.07) is 3.67. The zero-order valence-electron chi connectivity index (χ0n) is 9.13. The van der Waals surface area contributed by atoms with Gasteiger partial charge in [-0.1, -0.05) is 15.9 Å². The van der Waals surface area contributed by atoms with Crippen LogP contribution in [0.15, 0.2) is 16.6 Å². The Hall–Kier alpha value is -0.450. The summed E-state index contributed by atoms with van der Waals surface area (Å²) in [6.07, 6.45) is 1.66. The zero-order valence-corrected chi connectivity index (χ0v) is 10.7. The first-order chi connectivity index (χ1) is 7.61. The molecule has 1 aromatic rings. The molecular weight excluding hydrogens is 273 g/mol. The lowest BCUT2D eigenvalue weighted by molar-refractivity contribution is 0.240. The Morgan fingerprint density at radius 1 is 1.62 bits per heavy atom. The van der Waals surface area contributed by atoms with Crippen molar-refractivity contribution in [3.63, 3.8) is 0 Å². The topological polar surface area (TPSA) is 32.3 Å². The van der Waals surface area contributed by atoms with E-state index in [1.165, 1.54) is 6.07 Å². The van der Waals surface area contributed by atoms with Crippen LogP contribution in [0.2, 0.25) is 0 Å². The van der Waals surface area contributed by atoms with Gasteiger partial charge in [0.05, 0.1) is 6.61 Å². The molecule has 0 bridgehead atoms. The molecule has 0 heterocycles. The minimum atomic E-state index is -0.134. The molecule has 0 aromatic heterocycles. The van der Waals surface area contributed by atoms with Crippen molar-refractivity contribution < 1.29 is 9.50 Å². The molecule has 0 saturated carbocycles. The summed E-state index contributed by atoms with van der Waals surface area (Å²) in [5.41, 5.74) is 1.83. The Labute approximate surface area is 103 Å². The summed E-state index contributed by atoms with van der Waals surface area (Å²) in [5.74, 6) is -0.134. The summed E-state index contributed by atoms with van der Waals surface area (Å²) in [4.78, 5) is 0. The summed E-state index contributed by atoms with van der Waals surface area (Å²) < 4.78 is 14.4. The Kier molecular flexibility index (Phi) is 3.62. The first-order valence-corrected chi connectivity index (χ1v) is 6.26. The molecule has 0 fully saturated rings. The van der Waals surface area contributed by atoms with E-state index in [-0.39, 0.29) is 24.5 Å². The lowest BCUT2D eigenvalue weighted by Crippen LogP contribution is -2.32. The van der Waals surface area contributed by atoms with Crippen molar-refractivity contribution in [3.05, 3.63) is 33.5 Å². The molecule has 0 aliphatic heterocycles. The first kappa shape index (κ1) is 12.0. The number of rotatable bonds is 3. The molecule has 2 N–H and O–H groups in total. The largest absolute Gasteiger partial charge is 0.395 e. The molecule has 1 unspecified atom stereocenters. The van der Waals surface area contributed by atoms with E-state index in [9.17, 15) is 4.39 Å². The van der Waals surface area contributed by atoms with Crippen LogP contribution in [0.5, 0.6) is 0 Å². The van der Waals surface area contributed by atoms with Crippen molar-refractivity contribution in [1.29, 1.82) is 0 Å². The summed E-state index contributed by atoms with van der Waals surface area (Å²) in [7, 11) is 0. The molecule has 16 heavy (non-hydrogen) atoms. The van der Waals surface area contributed by atoms with Gasteiger partial charge in [-0.2, -0.15) is 0 Å². The molecule has 1 aliphatic rings. The highest BCUT2D eigenvalue weighted by atomic mass is 79.9. The highest BCUT2D eigenvalue weighted by Crippen LogP contribution is 2.35. The van der Waals surface area contributed by atoms with Gasteiger partial charge in [0, 0.05) is 16.6 Å². The highest BCUT2D eigenvalue weighted by molar-refractivity contribution is 9.10. The Morgan fingerprint density at radius 2 is 2.38 bits per heavy atom. The number of aliphatic hydroxyl groups is 1. The van der Waals surface area contributed by atoms with Gasteiger partial charge in [-0.05, 0) is 43.0 Å². The fourth-order valence-electron chi connectivity index (χ4n) is 2.21. The second-order valence-electron chi connectivity index (χ2n) is 4.30. The van der Waals surface area contributed by atoms with E-state index < -0.39 is 0 Å². The number of fused-ring (bicyclic) bond motifs is 1. The number of halogens is 2. The number of hydrogen-bond acceptors (Lipinski definition) is 2. The van der Waals surface area contributed by atoms with E-state index in [0.29, 0.717) is 0 Å². The maximum atomic E-state index is 13.6. The predicted octanol–water partition coefficient (Wildman–Crippen LogP) is 2.55. The van der Waals surface area contributed by atoms with E-state index in [0.717, 1.165) is 28.4 Å². The van der Waals surface area contributed by atoms with Crippen LogP contribution in [-0.2, 0) is 6.42 Å². The van der Waals surface area contributed by atoms with E-state index in [2.05, 4.69) is 21.2 Å². The number of benzene rings is 1. The van der Waals surface area contributed by atoms with Crippen molar-refractivity contribution in [2.24, 2.45) is 0 Å². The average Bonchev–Trinajstić information content (AvgIpc) is 2.61. The maximum absolute atomic E-state index is 13.6. The first-order valence-electron chi connectivity index (χ1n) is 5.46. The van der Waals surface area contributed by atoms with Crippen molar-refractivity contribution in [2.45, 2.75) is 31.8 Å². The maximum Gasteiger partial charge on any atom is 0.127 e. The fraction of sp³-hybridized carbons (Fsp3) is 0.500. The molecule has 0 saturated heterocycles. The van der Waals surface area contributed by atoms with Crippen molar-refractivity contribution in [2.75, 3.05) is 6.61 Å². The zero-order chi connectivity index (χ0) is 11.7. The Balaban J connectivity index is 2.25. The quantitative estimate of drug-likeness (QED) is 0.896. The van der Waals surface area contributed by atoms with Gasteiger partial charge in [-0.15, -0.1) is 0 Å². The minimum Gasteiger partial charge on any atom is -0.395 e. The third kappa shape index (κ3) is 2.29. The van der Waals surface area contributed by atoms with E-state index in [1.807, 2.05) is 13.0 Å². The molecule has 1 aromatic carbocycles. The van der Waals surface area contributed by atoms with Crippen LogP contribution in [0.4, 0.5) is 4.39 Å². The minimum absolute atomic E-state index is 0.0398. The lowest BCUT2D eigenvalue weighted by Gasteiger charge is -2.18. The molecule has 0 amide bonds. The molecule has 2 nitrogen and oxygen atoms in total. The number of aliphatic hydroxyl groups excluding tert-OH is 1. The van der Waals surface area contributed by atoms with Crippen LogP contribution in [0, 0.1) is 5.82 Å². The third-order valence-corrected chi connectivity index (χ3v) is 3.47. The second kappa shape index (κ2) is 4.82. The molecule has 2 rings (SSSR count). The predicted molar refractivity (Wildman–Crippen MR) is 64.8 cm³/mol. The van der Waals surface area contributed by atoms with Crippen LogP contribution in [0.25, 0.3) is 0 Å². The Bertz CT molecular complexity index is 397. The summed E-state index contributed by atoms with van der Waals surface area (Å²) >= 11 is 3.31. The second-order valence-corrected chi connectivity index (χ2v) is 5.21. The molecule has 0 spiro atoms. The van der Waals surface area contributed by atoms with Crippen LogP contribution < -0.4 is 5.32 Å². The molecule has 1 aliphatic carbocycles. The van der Waals surface area contributed by atoms with Gasteiger partial charge in [0.1, 0.15) is 5.82 Å². The third-order valence-electron chi connectivity index (χ3n) is 3.01. The van der Waals surface area contributed by atoms with Crippen molar-refractivity contribution >= 4 is 15.9 Å². The molecule has 2 atom stereocenters. The molecule has 0 radical (unpaired) electrons. The molecule has 88 valence electrons. The van der Waals surface area contributed by atoms with Gasteiger partial charge in [-0.3, -0.25) is 0 Å². The summed E-state index contributed by atoms with van der Waals surface area (Å²) in [6.45, 7) is 2.02. The van der Waals surface area contributed by atoms with Crippen LogP contribution in [0.1, 0.15) is 30.5 Å². The molecular formula is C12H15BrFNO. The van der Waals surface area contributed by atoms with E-state index in [1.54, 1.807) is 0 Å². The van der Waals surface area contributed by atoms with Crippen LogP contribution >= 0.6 is 15.9 Å². The van der Waals surface area contributed by atoms with Crippen LogP contribution in [-0.4, -0.2) is 17.8 Å². The van der Waals surface area contributed by atoms with Crippen molar-refractivity contribution in [3.8, 4) is 0 Å². The normalized spacial score (nSPS) is 20.9. The van der Waals surface area contributed by atoms with Gasteiger partial charge in [0.25, 0.3) is 0 Å². The van der Waals surface area contributed by atoms with Gasteiger partial charge in [0.15, 0.2) is 0 Å². The number of nitrogens with one attached hydrogen (secondary N) is 1. The van der Waals surface area contributed by atoms with Gasteiger partial charge < -0.3 is 10.4 Å². The lowest BCUT2D eigenvalue weighted by atomic mass is 10.1. The van der Waals surface area contributed by atoms with Gasteiger partial charge >= 0.3 is 0 Å². The van der Waals surface area contributed by atoms with E-state index >= 15 is 0 Å². The van der Waals surface area contributed by atoms with Gasteiger partial charge in [-0.25, -0.2) is 4.39 Å². The SMILES string of the molecule is C[C@H](CO)NC1CCc2c(F)cc(Br)cc21. The molecule has 4 heteroatoms. The smallest absolute Gasteiger partial charge is 0.127 e. The Morgan fingerprint density at radius 3 is 3.06 bits per heavy atom. The standard InChI is InChI=1S/C12H15BrFNO/c1-7(6-16)15-12-3-2-9-10(12)4-8(13)5-11(9)14/h4-5,7,12,15-16H,2-3,6H2,1H3/t7-,12?/m1/s1. The van der Waals surface area contributed by atoms with Crippen molar-refractivity contribution in [1.82, 2.24) is 5.32 Å². The average molecular weight is 288 g/mol. The highest BCUT2D eigenvalue weighted by Gasteiger charge is 2.26. The monoisotopic (exact) mass is 287 g/mol. The fourth-order valence-corrected chi connectivity index (χ4v) is 2.66. The van der Waals surface area contributed by atoms with Crippen LogP contribution in [0.3, 0.4) is 0 Å². The number of hydrogen-bond donors (Lipinski definition) is 2.